The fourth-order valence-corrected chi connectivity index (χ4v) is 3.27. The van der Waals surface area contributed by atoms with Gasteiger partial charge < -0.3 is 0 Å². The summed E-state index contributed by atoms with van der Waals surface area (Å²) in [4.78, 5) is 4.50. The molecule has 116 valence electrons. The fourth-order valence-electron chi connectivity index (χ4n) is 3.27. The fraction of sp³-hybridized carbons (Fsp3) is 0.0909. The van der Waals surface area contributed by atoms with Crippen molar-refractivity contribution >= 4 is 10.9 Å². The molecule has 0 amide bonds. The normalized spacial score (nSPS) is 10.9. The van der Waals surface area contributed by atoms with E-state index in [1.165, 1.54) is 33.3 Å². The highest BCUT2D eigenvalue weighted by Crippen LogP contribution is 2.34. The van der Waals surface area contributed by atoms with Crippen LogP contribution in [0.3, 0.4) is 0 Å². The van der Waals surface area contributed by atoms with E-state index < -0.39 is 0 Å². The Balaban J connectivity index is 1.98. The molecule has 24 heavy (non-hydrogen) atoms. The highest BCUT2D eigenvalue weighted by atomic mass is 14.9. The Morgan fingerprint density at radius 3 is 2.67 bits per heavy atom. The second kappa shape index (κ2) is 5.89. The molecule has 0 bridgehead atoms. The van der Waals surface area contributed by atoms with E-state index in [0.717, 1.165) is 5.52 Å². The second-order valence-electron chi connectivity index (χ2n) is 6.11. The van der Waals surface area contributed by atoms with E-state index in [-0.39, 0.29) is 0 Å². The molecule has 0 unspecified atom stereocenters. The summed E-state index contributed by atoms with van der Waals surface area (Å²) in [7, 11) is 2.09. The largest absolute Gasteiger partial charge is 0.256 e. The number of hydrogen-bond donors (Lipinski definition) is 0. The van der Waals surface area contributed by atoms with E-state index in [1.54, 1.807) is 0 Å². The maximum absolute atomic E-state index is 4.50. The van der Waals surface area contributed by atoms with Crippen LogP contribution in [-0.4, -0.2) is 4.98 Å². The molecule has 0 N–H and O–H groups in total. The summed E-state index contributed by atoms with van der Waals surface area (Å²) in [6.45, 7) is 2.17. The number of hydrogen-bond acceptors (Lipinski definition) is 1. The molecule has 2 nitrogen and oxygen atoms in total. The third kappa shape index (κ3) is 2.46. The van der Waals surface area contributed by atoms with Crippen LogP contribution in [0, 0.1) is 6.92 Å². The summed E-state index contributed by atoms with van der Waals surface area (Å²) in [5.74, 6) is 0. The van der Waals surface area contributed by atoms with Crippen molar-refractivity contribution in [1.29, 1.82) is 0 Å². The van der Waals surface area contributed by atoms with E-state index in [0.29, 0.717) is 0 Å². The molecule has 0 aliphatic rings. The lowest BCUT2D eigenvalue weighted by Gasteiger charge is -2.12. The zero-order valence-electron chi connectivity index (χ0n) is 13.9. The summed E-state index contributed by atoms with van der Waals surface area (Å²) in [5, 5.41) is 1.17. The van der Waals surface area contributed by atoms with E-state index >= 15 is 0 Å². The lowest BCUT2D eigenvalue weighted by Crippen LogP contribution is -2.30. The third-order valence-electron chi connectivity index (χ3n) is 4.50. The van der Waals surface area contributed by atoms with Gasteiger partial charge in [0, 0.05) is 23.7 Å². The number of aryl methyl sites for hydroxylation is 2. The topological polar surface area (TPSA) is 16.8 Å². The summed E-state index contributed by atoms with van der Waals surface area (Å²) in [6, 6.07) is 23.4. The molecular weight excluding hydrogens is 292 g/mol. The molecule has 0 aliphatic carbocycles. The molecule has 0 aliphatic heterocycles. The van der Waals surface area contributed by atoms with Gasteiger partial charge in [-0.05, 0) is 41.8 Å². The van der Waals surface area contributed by atoms with E-state index in [2.05, 4.69) is 90.4 Å². The van der Waals surface area contributed by atoms with Crippen LogP contribution in [0.25, 0.3) is 33.3 Å². The van der Waals surface area contributed by atoms with Gasteiger partial charge in [0.25, 0.3) is 0 Å². The third-order valence-corrected chi connectivity index (χ3v) is 4.50. The van der Waals surface area contributed by atoms with Crippen LogP contribution in [0.2, 0.25) is 0 Å². The molecule has 0 radical (unpaired) electrons. The van der Waals surface area contributed by atoms with Gasteiger partial charge in [-0.2, -0.15) is 0 Å². The number of aromatic nitrogens is 2. The maximum atomic E-state index is 4.50. The van der Waals surface area contributed by atoms with Gasteiger partial charge in [0.1, 0.15) is 7.05 Å². The summed E-state index contributed by atoms with van der Waals surface area (Å²) in [5.41, 5.74) is 7.23. The smallest absolute Gasteiger partial charge is 0.213 e. The summed E-state index contributed by atoms with van der Waals surface area (Å²) in [6.07, 6.45) is 3.94. The van der Waals surface area contributed by atoms with Crippen molar-refractivity contribution in [1.82, 2.24) is 4.98 Å². The lowest BCUT2D eigenvalue weighted by molar-refractivity contribution is -0.660. The number of pyridine rings is 2. The van der Waals surface area contributed by atoms with Crippen LogP contribution in [0.5, 0.6) is 0 Å². The van der Waals surface area contributed by atoms with E-state index in [9.17, 15) is 0 Å². The molecule has 0 fully saturated rings. The zero-order chi connectivity index (χ0) is 16.5. The molecule has 2 heteroatoms. The van der Waals surface area contributed by atoms with Crippen molar-refractivity contribution in [3.8, 4) is 22.4 Å². The summed E-state index contributed by atoms with van der Waals surface area (Å²) >= 11 is 0. The van der Waals surface area contributed by atoms with Gasteiger partial charge in [0.2, 0.25) is 5.69 Å². The Bertz CT molecular complexity index is 1030. The van der Waals surface area contributed by atoms with Gasteiger partial charge in [0.05, 0.1) is 11.1 Å². The number of nitrogens with zero attached hydrogens (tertiary/aromatic N) is 2. The second-order valence-corrected chi connectivity index (χ2v) is 6.11. The molecule has 0 atom stereocenters. The first-order valence-corrected chi connectivity index (χ1v) is 8.14. The van der Waals surface area contributed by atoms with Crippen LogP contribution < -0.4 is 4.57 Å². The minimum absolute atomic E-state index is 1.03. The quantitative estimate of drug-likeness (QED) is 0.490. The first-order valence-electron chi connectivity index (χ1n) is 8.14. The Kier molecular flexibility index (Phi) is 3.58. The molecule has 2 aromatic heterocycles. The standard InChI is InChI=1S/C22H19N2/c1-16-7-5-9-19(22(16)21-10-3-4-14-24(21)2)18-12-11-17-8-6-13-23-20(17)15-18/h3-15H,1-2H3/q+1. The number of benzene rings is 2. The molecule has 0 saturated heterocycles. The zero-order valence-corrected chi connectivity index (χ0v) is 13.9. The minimum Gasteiger partial charge on any atom is -0.256 e. The minimum atomic E-state index is 1.03. The van der Waals surface area contributed by atoms with E-state index in [4.69, 9.17) is 0 Å². The highest BCUT2D eigenvalue weighted by Gasteiger charge is 2.17. The van der Waals surface area contributed by atoms with Gasteiger partial charge in [0.15, 0.2) is 6.20 Å². The predicted molar refractivity (Wildman–Crippen MR) is 98.5 cm³/mol. The van der Waals surface area contributed by atoms with E-state index in [1.807, 2.05) is 12.3 Å². The van der Waals surface area contributed by atoms with Crippen LogP contribution in [-0.2, 0) is 7.05 Å². The van der Waals surface area contributed by atoms with Gasteiger partial charge in [-0.25, -0.2) is 4.57 Å². The lowest BCUT2D eigenvalue weighted by atomic mass is 9.93. The van der Waals surface area contributed by atoms with Crippen molar-refractivity contribution in [2.24, 2.45) is 7.05 Å². The van der Waals surface area contributed by atoms with Crippen LogP contribution in [0.15, 0.2) is 79.1 Å². The SMILES string of the molecule is Cc1cccc(-c2ccc3cccnc3c2)c1-c1cccc[n+]1C. The average Bonchev–Trinajstić information content (AvgIpc) is 2.62. The highest BCUT2D eigenvalue weighted by molar-refractivity contribution is 5.89. The van der Waals surface area contributed by atoms with Crippen molar-refractivity contribution < 1.29 is 4.57 Å². The Labute approximate surface area is 142 Å². The molecule has 0 saturated carbocycles. The van der Waals surface area contributed by atoms with Crippen LogP contribution in [0.1, 0.15) is 5.56 Å². The molecular formula is C22H19N2+. The number of fused-ring (bicyclic) bond motifs is 1. The maximum Gasteiger partial charge on any atom is 0.213 e. The van der Waals surface area contributed by atoms with Gasteiger partial charge in [-0.3, -0.25) is 4.98 Å². The van der Waals surface area contributed by atoms with Crippen LogP contribution >= 0.6 is 0 Å². The summed E-state index contributed by atoms with van der Waals surface area (Å²) < 4.78 is 2.17. The number of rotatable bonds is 2. The molecule has 0 spiro atoms. The Hall–Kier alpha value is -3.00. The van der Waals surface area contributed by atoms with Crippen LogP contribution in [0.4, 0.5) is 0 Å². The predicted octanol–water partition coefficient (Wildman–Crippen LogP) is 4.70. The first-order chi connectivity index (χ1) is 11.7. The van der Waals surface area contributed by atoms with Crippen molar-refractivity contribution in [3.63, 3.8) is 0 Å². The molecule has 2 aromatic carbocycles. The molecule has 4 aromatic rings. The molecule has 2 heterocycles. The van der Waals surface area contributed by atoms with Crippen molar-refractivity contribution in [2.75, 3.05) is 0 Å². The first kappa shape index (κ1) is 14.6. The Morgan fingerprint density at radius 1 is 0.875 bits per heavy atom. The van der Waals surface area contributed by atoms with Gasteiger partial charge >= 0.3 is 0 Å². The van der Waals surface area contributed by atoms with Gasteiger partial charge in [-0.1, -0.05) is 36.4 Å². The van der Waals surface area contributed by atoms with Gasteiger partial charge in [-0.15, -0.1) is 0 Å². The Morgan fingerprint density at radius 2 is 1.79 bits per heavy atom. The average molecular weight is 311 g/mol. The molecule has 4 rings (SSSR count). The monoisotopic (exact) mass is 311 g/mol. The van der Waals surface area contributed by atoms with Crippen molar-refractivity contribution in [2.45, 2.75) is 6.92 Å². The van der Waals surface area contributed by atoms with Crippen molar-refractivity contribution in [3.05, 3.63) is 84.7 Å².